The number of hydrogen-bond donors (Lipinski definition) is 3. The van der Waals surface area contributed by atoms with Crippen LogP contribution in [0.15, 0.2) is 29.3 Å². The summed E-state index contributed by atoms with van der Waals surface area (Å²) in [7, 11) is 3.39. The third-order valence-electron chi connectivity index (χ3n) is 3.93. The third-order valence-corrected chi connectivity index (χ3v) is 3.93. The molecule has 0 aliphatic rings. The van der Waals surface area contributed by atoms with Crippen molar-refractivity contribution in [1.29, 1.82) is 0 Å². The van der Waals surface area contributed by atoms with E-state index in [1.165, 1.54) is 0 Å². The van der Waals surface area contributed by atoms with Crippen molar-refractivity contribution in [1.82, 2.24) is 25.8 Å². The van der Waals surface area contributed by atoms with Gasteiger partial charge in [0.05, 0.1) is 13.7 Å². The van der Waals surface area contributed by atoms with Crippen molar-refractivity contribution in [3.05, 3.63) is 30.1 Å². The molecule has 0 radical (unpaired) electrons. The summed E-state index contributed by atoms with van der Waals surface area (Å²) in [6, 6.07) is 7.65. The molecule has 2 rings (SSSR count). The van der Waals surface area contributed by atoms with Gasteiger partial charge in [0.2, 0.25) is 0 Å². The van der Waals surface area contributed by atoms with Crippen LogP contribution in [-0.2, 0) is 11.3 Å². The predicted octanol–water partition coefficient (Wildman–Crippen LogP) is 2.97. The maximum atomic E-state index is 5.55. The lowest BCUT2D eigenvalue weighted by Crippen LogP contribution is -2.37. The fraction of sp³-hybridized carbons (Fsp3) is 0.526. The normalized spacial score (nSPS) is 11.0. The molecule has 0 aliphatic carbocycles. The molecule has 1 aromatic heterocycles. The summed E-state index contributed by atoms with van der Waals surface area (Å²) in [4.78, 5) is 8.72. The smallest absolute Gasteiger partial charge is 0.191 e. The Morgan fingerprint density at radius 3 is 2.57 bits per heavy atom. The summed E-state index contributed by atoms with van der Waals surface area (Å²) in [5, 5.41) is 13.7. The predicted molar refractivity (Wildman–Crippen MR) is 122 cm³/mol. The molecule has 9 heteroatoms. The van der Waals surface area contributed by atoms with E-state index in [1.54, 1.807) is 14.2 Å². The van der Waals surface area contributed by atoms with E-state index in [2.05, 4.69) is 37.7 Å². The Bertz CT molecular complexity index is 690. The minimum Gasteiger partial charge on any atom is -0.497 e. The third kappa shape index (κ3) is 8.42. The van der Waals surface area contributed by atoms with E-state index >= 15 is 0 Å². The van der Waals surface area contributed by atoms with Gasteiger partial charge in [-0.25, -0.2) is 4.98 Å². The zero-order valence-corrected chi connectivity index (χ0v) is 19.2. The van der Waals surface area contributed by atoms with Crippen LogP contribution in [0.5, 0.6) is 5.75 Å². The van der Waals surface area contributed by atoms with Gasteiger partial charge >= 0.3 is 0 Å². The molecule has 0 bridgehead atoms. The number of ether oxygens (including phenoxy) is 2. The molecule has 0 spiro atoms. The Labute approximate surface area is 183 Å². The van der Waals surface area contributed by atoms with E-state index in [1.807, 2.05) is 24.3 Å². The molecular weight excluding hydrogens is 471 g/mol. The standard InChI is InChI=1S/C19H30N6O2.HI/c1-4-5-12-27-13-6-11-21-19(20-2)22-14-17-23-18(25-24-17)15-7-9-16(26-3)10-8-15;/h7-10H,4-6,11-14H2,1-3H3,(H2,20,21,22)(H,23,24,25);1H. The Morgan fingerprint density at radius 1 is 1.14 bits per heavy atom. The number of H-pyrrole nitrogens is 1. The number of guanidine groups is 1. The minimum absolute atomic E-state index is 0. The Kier molecular flexibility index (Phi) is 12.2. The second kappa shape index (κ2) is 14.2. The van der Waals surface area contributed by atoms with Crippen molar-refractivity contribution in [2.75, 3.05) is 33.9 Å². The van der Waals surface area contributed by atoms with Gasteiger partial charge in [0.25, 0.3) is 0 Å². The number of nitrogens with zero attached hydrogens (tertiary/aromatic N) is 3. The van der Waals surface area contributed by atoms with E-state index in [0.29, 0.717) is 12.4 Å². The largest absolute Gasteiger partial charge is 0.497 e. The Balaban J connectivity index is 0.00000392. The van der Waals surface area contributed by atoms with Gasteiger partial charge in [-0.2, -0.15) is 5.10 Å². The minimum atomic E-state index is 0. The summed E-state index contributed by atoms with van der Waals surface area (Å²) < 4.78 is 10.7. The first-order chi connectivity index (χ1) is 13.3. The van der Waals surface area contributed by atoms with Gasteiger partial charge in [-0.05, 0) is 37.1 Å². The van der Waals surface area contributed by atoms with Crippen LogP contribution < -0.4 is 15.4 Å². The van der Waals surface area contributed by atoms with Crippen LogP contribution in [0.25, 0.3) is 11.4 Å². The highest BCUT2D eigenvalue weighted by molar-refractivity contribution is 14.0. The van der Waals surface area contributed by atoms with Gasteiger partial charge in [0.15, 0.2) is 11.8 Å². The fourth-order valence-electron chi connectivity index (χ4n) is 2.36. The van der Waals surface area contributed by atoms with E-state index in [9.17, 15) is 0 Å². The quantitative estimate of drug-likeness (QED) is 0.189. The number of halogens is 1. The number of aliphatic imine (C=N–C) groups is 1. The number of benzene rings is 1. The highest BCUT2D eigenvalue weighted by atomic mass is 127. The lowest BCUT2D eigenvalue weighted by atomic mass is 10.2. The second-order valence-electron chi connectivity index (χ2n) is 6.01. The van der Waals surface area contributed by atoms with Crippen molar-refractivity contribution >= 4 is 29.9 Å². The van der Waals surface area contributed by atoms with E-state index in [0.717, 1.165) is 62.1 Å². The molecule has 0 atom stereocenters. The van der Waals surface area contributed by atoms with Crippen molar-refractivity contribution in [3.63, 3.8) is 0 Å². The first-order valence-electron chi connectivity index (χ1n) is 9.34. The molecule has 156 valence electrons. The molecule has 0 saturated heterocycles. The molecule has 0 amide bonds. The lowest BCUT2D eigenvalue weighted by molar-refractivity contribution is 0.129. The van der Waals surface area contributed by atoms with Crippen LogP contribution in [0.4, 0.5) is 0 Å². The number of hydrogen-bond acceptors (Lipinski definition) is 5. The average Bonchev–Trinajstić information content (AvgIpc) is 3.18. The monoisotopic (exact) mass is 502 g/mol. The number of unbranched alkanes of at least 4 members (excludes halogenated alkanes) is 1. The molecule has 0 saturated carbocycles. The molecule has 28 heavy (non-hydrogen) atoms. The maximum Gasteiger partial charge on any atom is 0.191 e. The van der Waals surface area contributed by atoms with Gasteiger partial charge in [-0.3, -0.25) is 10.1 Å². The average molecular weight is 502 g/mol. The maximum absolute atomic E-state index is 5.55. The number of methoxy groups -OCH3 is 1. The number of nitrogens with one attached hydrogen (secondary N) is 3. The van der Waals surface area contributed by atoms with Crippen molar-refractivity contribution in [2.45, 2.75) is 32.7 Å². The summed E-state index contributed by atoms with van der Waals surface area (Å²) in [6.45, 7) is 5.08. The Morgan fingerprint density at radius 2 is 1.89 bits per heavy atom. The van der Waals surface area contributed by atoms with Gasteiger partial charge in [-0.15, -0.1) is 24.0 Å². The first-order valence-corrected chi connectivity index (χ1v) is 9.34. The van der Waals surface area contributed by atoms with E-state index in [4.69, 9.17) is 9.47 Å². The molecule has 2 aromatic rings. The summed E-state index contributed by atoms with van der Waals surface area (Å²) >= 11 is 0. The van der Waals surface area contributed by atoms with Crippen LogP contribution >= 0.6 is 24.0 Å². The van der Waals surface area contributed by atoms with Crippen LogP contribution in [-0.4, -0.2) is 55.1 Å². The molecule has 1 heterocycles. The molecule has 0 fully saturated rings. The zero-order chi connectivity index (χ0) is 19.3. The van der Waals surface area contributed by atoms with Crippen molar-refractivity contribution < 1.29 is 9.47 Å². The van der Waals surface area contributed by atoms with Crippen LogP contribution in [0, 0.1) is 0 Å². The second-order valence-corrected chi connectivity index (χ2v) is 6.01. The number of aromatic nitrogens is 3. The van der Waals surface area contributed by atoms with Gasteiger partial charge in [0.1, 0.15) is 11.6 Å². The summed E-state index contributed by atoms with van der Waals surface area (Å²) in [5.41, 5.74) is 0.934. The number of rotatable bonds is 11. The van der Waals surface area contributed by atoms with Gasteiger partial charge < -0.3 is 20.1 Å². The topological polar surface area (TPSA) is 96.4 Å². The molecular formula is C19H31IN6O2. The Hall–Kier alpha value is -1.88. The molecule has 3 N–H and O–H groups in total. The van der Waals surface area contributed by atoms with Crippen LogP contribution in [0.2, 0.25) is 0 Å². The van der Waals surface area contributed by atoms with Crippen molar-refractivity contribution in [3.8, 4) is 17.1 Å². The molecule has 1 aromatic carbocycles. The summed E-state index contributed by atoms with van der Waals surface area (Å²) in [6.07, 6.45) is 3.22. The highest BCUT2D eigenvalue weighted by Crippen LogP contribution is 2.18. The first kappa shape index (κ1) is 24.2. The van der Waals surface area contributed by atoms with Gasteiger partial charge in [0, 0.05) is 32.4 Å². The highest BCUT2D eigenvalue weighted by Gasteiger charge is 2.07. The SMILES string of the molecule is CCCCOCCCNC(=NC)NCc1nc(-c2ccc(OC)cc2)n[nH]1.I. The van der Waals surface area contributed by atoms with Crippen LogP contribution in [0.3, 0.4) is 0 Å². The van der Waals surface area contributed by atoms with E-state index < -0.39 is 0 Å². The summed E-state index contributed by atoms with van der Waals surface area (Å²) in [5.74, 6) is 2.93. The molecule has 0 aliphatic heterocycles. The number of aromatic amines is 1. The zero-order valence-electron chi connectivity index (χ0n) is 16.8. The lowest BCUT2D eigenvalue weighted by Gasteiger charge is -2.10. The molecule has 0 unspecified atom stereocenters. The van der Waals surface area contributed by atoms with Gasteiger partial charge in [-0.1, -0.05) is 13.3 Å². The fourth-order valence-corrected chi connectivity index (χ4v) is 2.36. The molecule has 8 nitrogen and oxygen atoms in total. The van der Waals surface area contributed by atoms with Crippen molar-refractivity contribution in [2.24, 2.45) is 4.99 Å². The van der Waals surface area contributed by atoms with E-state index in [-0.39, 0.29) is 24.0 Å². The van der Waals surface area contributed by atoms with Crippen LogP contribution in [0.1, 0.15) is 32.0 Å².